The van der Waals surface area contributed by atoms with E-state index in [0.29, 0.717) is 4.47 Å². The van der Waals surface area contributed by atoms with E-state index in [4.69, 9.17) is 16.3 Å². The molecule has 108 valence electrons. The molecule has 4 nitrogen and oxygen atoms in total. The first kappa shape index (κ1) is 16.8. The maximum absolute atomic E-state index is 13.7. The fourth-order valence-electron chi connectivity index (χ4n) is 1.46. The number of sulfonamides is 1. The second-order valence-electron chi connectivity index (χ2n) is 3.91. The zero-order chi connectivity index (χ0) is 14.6. The van der Waals surface area contributed by atoms with Crippen LogP contribution in [0.15, 0.2) is 27.6 Å². The highest BCUT2D eigenvalue weighted by atomic mass is 79.9. The van der Waals surface area contributed by atoms with Gasteiger partial charge in [-0.2, -0.15) is 4.31 Å². The lowest BCUT2D eigenvalue weighted by atomic mass is 10.3. The van der Waals surface area contributed by atoms with Crippen molar-refractivity contribution in [3.8, 4) is 0 Å². The maximum Gasteiger partial charge on any atom is 0.245 e. The molecule has 0 aliphatic rings. The van der Waals surface area contributed by atoms with Crippen LogP contribution in [0.25, 0.3) is 0 Å². The van der Waals surface area contributed by atoms with Crippen molar-refractivity contribution in [3.63, 3.8) is 0 Å². The van der Waals surface area contributed by atoms with Crippen LogP contribution in [-0.2, 0) is 14.8 Å². The number of ether oxygens (including phenoxy) is 1. The van der Waals surface area contributed by atoms with E-state index in [9.17, 15) is 12.8 Å². The number of methoxy groups -OCH3 is 1. The van der Waals surface area contributed by atoms with Crippen LogP contribution in [0.1, 0.15) is 0 Å². The van der Waals surface area contributed by atoms with Gasteiger partial charge in [-0.25, -0.2) is 12.8 Å². The van der Waals surface area contributed by atoms with Gasteiger partial charge >= 0.3 is 0 Å². The fraction of sp³-hybridized carbons (Fsp3) is 0.455. The lowest BCUT2D eigenvalue weighted by molar-refractivity contribution is 0.192. The molecule has 0 heterocycles. The van der Waals surface area contributed by atoms with Crippen molar-refractivity contribution in [2.75, 3.05) is 27.3 Å². The normalized spacial score (nSPS) is 13.8. The quantitative estimate of drug-likeness (QED) is 0.719. The first-order chi connectivity index (χ1) is 8.78. The first-order valence-electron chi connectivity index (χ1n) is 5.33. The Morgan fingerprint density at radius 1 is 1.53 bits per heavy atom. The predicted molar refractivity (Wildman–Crippen MR) is 75.4 cm³/mol. The number of rotatable bonds is 6. The van der Waals surface area contributed by atoms with E-state index in [1.54, 1.807) is 0 Å². The highest BCUT2D eigenvalue weighted by Crippen LogP contribution is 2.22. The SMILES string of the molecule is COCC(Cl)CN(C)S(=O)(=O)c1ccc(Br)cc1F. The van der Waals surface area contributed by atoms with Gasteiger partial charge in [0.15, 0.2) is 0 Å². The number of nitrogens with zero attached hydrogens (tertiary/aromatic N) is 1. The van der Waals surface area contributed by atoms with Crippen molar-refractivity contribution in [2.24, 2.45) is 0 Å². The number of hydrogen-bond donors (Lipinski definition) is 0. The minimum atomic E-state index is -3.90. The Balaban J connectivity index is 2.97. The summed E-state index contributed by atoms with van der Waals surface area (Å²) in [5.74, 6) is -0.806. The second kappa shape index (κ2) is 6.99. The zero-order valence-electron chi connectivity index (χ0n) is 10.4. The summed E-state index contributed by atoms with van der Waals surface area (Å²) in [4.78, 5) is -0.375. The van der Waals surface area contributed by atoms with Gasteiger partial charge in [0, 0.05) is 25.2 Å². The van der Waals surface area contributed by atoms with Gasteiger partial charge in [0.1, 0.15) is 10.7 Å². The van der Waals surface area contributed by atoms with Gasteiger partial charge < -0.3 is 4.74 Å². The summed E-state index contributed by atoms with van der Waals surface area (Å²) in [5, 5.41) is -0.497. The Bertz CT molecular complexity index is 541. The predicted octanol–water partition coefficient (Wildman–Crippen LogP) is 2.46. The van der Waals surface area contributed by atoms with Crippen LogP contribution in [0.5, 0.6) is 0 Å². The van der Waals surface area contributed by atoms with Crippen molar-refractivity contribution in [1.82, 2.24) is 4.31 Å². The molecule has 0 aliphatic heterocycles. The van der Waals surface area contributed by atoms with E-state index < -0.39 is 21.2 Å². The Labute approximate surface area is 125 Å². The van der Waals surface area contributed by atoms with Crippen LogP contribution < -0.4 is 0 Å². The molecular weight excluding hydrogens is 361 g/mol. The van der Waals surface area contributed by atoms with Crippen LogP contribution in [0.2, 0.25) is 0 Å². The van der Waals surface area contributed by atoms with Crippen molar-refractivity contribution < 1.29 is 17.5 Å². The summed E-state index contributed by atoms with van der Waals surface area (Å²) >= 11 is 8.98. The van der Waals surface area contributed by atoms with Crippen LogP contribution in [0.3, 0.4) is 0 Å². The third kappa shape index (κ3) is 4.39. The number of halogens is 3. The van der Waals surface area contributed by atoms with E-state index in [-0.39, 0.29) is 18.0 Å². The third-order valence-corrected chi connectivity index (χ3v) is 5.00. The van der Waals surface area contributed by atoms with Crippen molar-refractivity contribution >= 4 is 37.6 Å². The number of alkyl halides is 1. The van der Waals surface area contributed by atoms with E-state index in [0.717, 1.165) is 10.4 Å². The average Bonchev–Trinajstić information content (AvgIpc) is 2.28. The summed E-state index contributed by atoms with van der Waals surface area (Å²) in [5.41, 5.74) is 0. The van der Waals surface area contributed by atoms with Crippen molar-refractivity contribution in [1.29, 1.82) is 0 Å². The third-order valence-electron chi connectivity index (χ3n) is 2.38. The Morgan fingerprint density at radius 3 is 2.68 bits per heavy atom. The molecule has 0 saturated heterocycles. The molecule has 19 heavy (non-hydrogen) atoms. The van der Waals surface area contributed by atoms with Crippen molar-refractivity contribution in [2.45, 2.75) is 10.3 Å². The Morgan fingerprint density at radius 2 is 2.16 bits per heavy atom. The lowest BCUT2D eigenvalue weighted by Gasteiger charge is -2.20. The molecule has 1 atom stereocenters. The molecule has 0 spiro atoms. The molecular formula is C11H14BrClFNO3S. The van der Waals surface area contributed by atoms with Crippen LogP contribution in [0, 0.1) is 5.82 Å². The molecule has 1 aromatic rings. The van der Waals surface area contributed by atoms with Gasteiger partial charge in [-0.1, -0.05) is 15.9 Å². The van der Waals surface area contributed by atoms with Crippen LogP contribution in [-0.4, -0.2) is 45.4 Å². The first-order valence-corrected chi connectivity index (χ1v) is 8.00. The summed E-state index contributed by atoms with van der Waals surface area (Å²) in [6.07, 6.45) is 0. The Hall–Kier alpha value is -0.210. The molecule has 0 amide bonds. The molecule has 0 aliphatic carbocycles. The number of benzene rings is 1. The molecule has 1 aromatic carbocycles. The summed E-state index contributed by atoms with van der Waals surface area (Å²) < 4.78 is 44.4. The molecule has 1 unspecified atom stereocenters. The van der Waals surface area contributed by atoms with Gasteiger partial charge in [-0.15, -0.1) is 11.6 Å². The zero-order valence-corrected chi connectivity index (χ0v) is 13.6. The molecule has 0 bridgehead atoms. The average molecular weight is 375 g/mol. The van der Waals surface area contributed by atoms with E-state index in [1.165, 1.54) is 26.3 Å². The van der Waals surface area contributed by atoms with E-state index >= 15 is 0 Å². The maximum atomic E-state index is 13.7. The van der Waals surface area contributed by atoms with Gasteiger partial charge in [0.2, 0.25) is 10.0 Å². The lowest BCUT2D eigenvalue weighted by Crippen LogP contribution is -2.34. The van der Waals surface area contributed by atoms with Gasteiger partial charge in [-0.05, 0) is 18.2 Å². The summed E-state index contributed by atoms with van der Waals surface area (Å²) in [6.45, 7) is 0.247. The smallest absolute Gasteiger partial charge is 0.245 e. The summed E-state index contributed by atoms with van der Waals surface area (Å²) in [6, 6.07) is 3.79. The minimum absolute atomic E-state index is 0.0350. The highest BCUT2D eigenvalue weighted by molar-refractivity contribution is 9.10. The van der Waals surface area contributed by atoms with Crippen LogP contribution >= 0.6 is 27.5 Å². The summed E-state index contributed by atoms with van der Waals surface area (Å²) in [7, 11) is -1.08. The number of hydrogen-bond acceptors (Lipinski definition) is 3. The monoisotopic (exact) mass is 373 g/mol. The second-order valence-corrected chi connectivity index (χ2v) is 7.46. The fourth-order valence-corrected chi connectivity index (χ4v) is 3.47. The molecule has 1 rings (SSSR count). The largest absolute Gasteiger partial charge is 0.383 e. The molecule has 0 aromatic heterocycles. The van der Waals surface area contributed by atoms with Crippen LogP contribution in [0.4, 0.5) is 4.39 Å². The van der Waals surface area contributed by atoms with E-state index in [1.807, 2.05) is 0 Å². The van der Waals surface area contributed by atoms with E-state index in [2.05, 4.69) is 15.9 Å². The van der Waals surface area contributed by atoms with Gasteiger partial charge in [0.05, 0.1) is 12.0 Å². The molecule has 0 fully saturated rings. The van der Waals surface area contributed by atoms with Gasteiger partial charge in [-0.3, -0.25) is 0 Å². The Kier molecular flexibility index (Phi) is 6.19. The van der Waals surface area contributed by atoms with Gasteiger partial charge in [0.25, 0.3) is 0 Å². The molecule has 0 radical (unpaired) electrons. The molecule has 0 N–H and O–H groups in total. The standard InChI is InChI=1S/C11H14BrClFNO3S/c1-15(6-9(13)7-18-2)19(16,17)11-4-3-8(12)5-10(11)14/h3-5,9H,6-7H2,1-2H3. The minimum Gasteiger partial charge on any atom is -0.383 e. The van der Waals surface area contributed by atoms with Crippen molar-refractivity contribution in [3.05, 3.63) is 28.5 Å². The highest BCUT2D eigenvalue weighted by Gasteiger charge is 2.26. The molecule has 0 saturated carbocycles. The topological polar surface area (TPSA) is 46.6 Å². The molecule has 8 heteroatoms.